The summed E-state index contributed by atoms with van der Waals surface area (Å²) < 4.78 is 0. The SMILES string of the molecule is Cc1ccc(-c2csc(/C(C#N)=N/Nc3cccc(Cl)c3)n2)c(C)c1. The summed E-state index contributed by atoms with van der Waals surface area (Å²) >= 11 is 7.34. The summed E-state index contributed by atoms with van der Waals surface area (Å²) in [4.78, 5) is 4.57. The lowest BCUT2D eigenvalue weighted by molar-refractivity contribution is 1.30. The summed E-state index contributed by atoms with van der Waals surface area (Å²) in [6.45, 7) is 4.12. The van der Waals surface area contributed by atoms with Gasteiger partial charge in [0.1, 0.15) is 6.07 Å². The number of anilines is 1. The maximum absolute atomic E-state index is 9.40. The summed E-state index contributed by atoms with van der Waals surface area (Å²) in [5.74, 6) is 0. The molecule has 0 saturated carbocycles. The van der Waals surface area contributed by atoms with Crippen LogP contribution in [0.1, 0.15) is 16.1 Å². The Balaban J connectivity index is 1.86. The van der Waals surface area contributed by atoms with E-state index in [1.165, 1.54) is 16.9 Å². The lowest BCUT2D eigenvalue weighted by Gasteiger charge is -2.03. The number of aromatic nitrogens is 1. The maximum atomic E-state index is 9.40. The minimum Gasteiger partial charge on any atom is -0.277 e. The van der Waals surface area contributed by atoms with Crippen molar-refractivity contribution in [3.05, 3.63) is 69.0 Å². The van der Waals surface area contributed by atoms with Gasteiger partial charge in [0.25, 0.3) is 0 Å². The molecule has 0 bridgehead atoms. The summed E-state index contributed by atoms with van der Waals surface area (Å²) in [5.41, 5.74) is 8.08. The molecule has 6 heteroatoms. The second-order valence-electron chi connectivity index (χ2n) is 5.55. The van der Waals surface area contributed by atoms with E-state index >= 15 is 0 Å². The minimum atomic E-state index is 0.237. The van der Waals surface area contributed by atoms with Crippen LogP contribution >= 0.6 is 22.9 Å². The van der Waals surface area contributed by atoms with Crippen LogP contribution < -0.4 is 5.43 Å². The average Bonchev–Trinajstić information content (AvgIpc) is 3.05. The number of benzene rings is 2. The van der Waals surface area contributed by atoms with Crippen LogP contribution in [-0.2, 0) is 0 Å². The maximum Gasteiger partial charge on any atom is 0.196 e. The molecule has 0 aliphatic rings. The van der Waals surface area contributed by atoms with Crippen LogP contribution in [0.15, 0.2) is 52.9 Å². The van der Waals surface area contributed by atoms with Crippen LogP contribution in [0.5, 0.6) is 0 Å². The molecule has 2 aromatic carbocycles. The molecule has 0 radical (unpaired) electrons. The van der Waals surface area contributed by atoms with Crippen LogP contribution in [-0.4, -0.2) is 10.7 Å². The van der Waals surface area contributed by atoms with E-state index in [1.807, 2.05) is 17.5 Å². The number of nitrogens with zero attached hydrogens (tertiary/aromatic N) is 3. The molecule has 0 aliphatic heterocycles. The van der Waals surface area contributed by atoms with Crippen molar-refractivity contribution < 1.29 is 0 Å². The third kappa shape index (κ3) is 4.05. The molecule has 1 heterocycles. The minimum absolute atomic E-state index is 0.237. The monoisotopic (exact) mass is 366 g/mol. The topological polar surface area (TPSA) is 61.1 Å². The first-order valence-electron chi connectivity index (χ1n) is 7.59. The van der Waals surface area contributed by atoms with Crippen molar-refractivity contribution in [2.24, 2.45) is 5.10 Å². The molecule has 0 aliphatic carbocycles. The van der Waals surface area contributed by atoms with Crippen LogP contribution in [0, 0.1) is 25.2 Å². The summed E-state index contributed by atoms with van der Waals surface area (Å²) in [7, 11) is 0. The van der Waals surface area contributed by atoms with Gasteiger partial charge in [0.05, 0.1) is 11.4 Å². The number of rotatable bonds is 4. The Kier molecular flexibility index (Phi) is 5.13. The fourth-order valence-electron chi connectivity index (χ4n) is 2.41. The molecule has 0 amide bonds. The molecule has 25 heavy (non-hydrogen) atoms. The molecule has 124 valence electrons. The summed E-state index contributed by atoms with van der Waals surface area (Å²) in [5, 5.41) is 16.7. The van der Waals surface area contributed by atoms with E-state index in [9.17, 15) is 5.26 Å². The third-order valence-electron chi connectivity index (χ3n) is 3.59. The number of thiazole rings is 1. The number of hydrogen-bond donors (Lipinski definition) is 1. The molecule has 0 saturated heterocycles. The molecular weight excluding hydrogens is 352 g/mol. The van der Waals surface area contributed by atoms with Gasteiger partial charge in [-0.05, 0) is 37.6 Å². The zero-order valence-corrected chi connectivity index (χ0v) is 15.3. The standard InChI is InChI=1S/C19H15ClN4S/c1-12-6-7-16(13(2)8-12)18-11-25-19(22-18)17(10-21)24-23-15-5-3-4-14(20)9-15/h3-9,11,23H,1-2H3/b24-17+. The van der Waals surface area contributed by atoms with Crippen molar-refractivity contribution in [1.29, 1.82) is 5.26 Å². The highest BCUT2D eigenvalue weighted by molar-refractivity contribution is 7.12. The second kappa shape index (κ2) is 7.47. The van der Waals surface area contributed by atoms with Crippen LogP contribution in [0.3, 0.4) is 0 Å². The summed E-state index contributed by atoms with van der Waals surface area (Å²) in [6.07, 6.45) is 0. The molecule has 4 nitrogen and oxygen atoms in total. The molecule has 3 aromatic rings. The highest BCUT2D eigenvalue weighted by Gasteiger charge is 2.12. The van der Waals surface area contributed by atoms with E-state index in [0.717, 1.165) is 16.8 Å². The number of hydrogen-bond acceptors (Lipinski definition) is 5. The van der Waals surface area contributed by atoms with Gasteiger partial charge in [-0.25, -0.2) is 4.98 Å². The van der Waals surface area contributed by atoms with E-state index in [2.05, 4.69) is 53.6 Å². The number of nitriles is 1. The van der Waals surface area contributed by atoms with Crippen LogP contribution in [0.25, 0.3) is 11.3 Å². The van der Waals surface area contributed by atoms with Gasteiger partial charge < -0.3 is 0 Å². The number of halogens is 1. The van der Waals surface area contributed by atoms with Crippen molar-refractivity contribution in [3.8, 4) is 17.3 Å². The largest absolute Gasteiger partial charge is 0.277 e. The van der Waals surface area contributed by atoms with Gasteiger partial charge in [-0.1, -0.05) is 41.4 Å². The van der Waals surface area contributed by atoms with Gasteiger partial charge in [-0.15, -0.1) is 11.3 Å². The zero-order chi connectivity index (χ0) is 17.8. The van der Waals surface area contributed by atoms with Gasteiger partial charge in [-0.2, -0.15) is 10.4 Å². The van der Waals surface area contributed by atoms with Gasteiger partial charge in [0, 0.05) is 16.0 Å². The first kappa shape index (κ1) is 17.2. The molecule has 0 fully saturated rings. The van der Waals surface area contributed by atoms with Crippen molar-refractivity contribution in [3.63, 3.8) is 0 Å². The highest BCUT2D eigenvalue weighted by atomic mass is 35.5. The second-order valence-corrected chi connectivity index (χ2v) is 6.85. The van der Waals surface area contributed by atoms with E-state index in [0.29, 0.717) is 15.7 Å². The molecule has 0 atom stereocenters. The Hall–Kier alpha value is -2.68. The molecule has 1 N–H and O–H groups in total. The zero-order valence-electron chi connectivity index (χ0n) is 13.7. The Morgan fingerprint density at radius 1 is 1.24 bits per heavy atom. The molecule has 0 unspecified atom stereocenters. The average molecular weight is 367 g/mol. The van der Waals surface area contributed by atoms with Gasteiger partial charge in [0.15, 0.2) is 10.7 Å². The quantitative estimate of drug-likeness (QED) is 0.495. The number of nitrogens with one attached hydrogen (secondary N) is 1. The first-order chi connectivity index (χ1) is 12.1. The molecule has 1 aromatic heterocycles. The first-order valence-corrected chi connectivity index (χ1v) is 8.85. The van der Waals surface area contributed by atoms with Gasteiger partial charge in [0.2, 0.25) is 0 Å². The highest BCUT2D eigenvalue weighted by Crippen LogP contribution is 2.26. The Bertz CT molecular complexity index is 985. The Morgan fingerprint density at radius 2 is 2.08 bits per heavy atom. The number of aryl methyl sites for hydroxylation is 2. The normalized spacial score (nSPS) is 11.2. The van der Waals surface area contributed by atoms with Crippen molar-refractivity contribution >= 4 is 34.3 Å². The van der Waals surface area contributed by atoms with Crippen molar-refractivity contribution in [2.75, 3.05) is 5.43 Å². The predicted octanol–water partition coefficient (Wildman–Crippen LogP) is 5.42. The molecule has 3 rings (SSSR count). The van der Waals surface area contributed by atoms with Gasteiger partial charge >= 0.3 is 0 Å². The fourth-order valence-corrected chi connectivity index (χ4v) is 3.35. The van der Waals surface area contributed by atoms with Gasteiger partial charge in [-0.3, -0.25) is 5.43 Å². The Morgan fingerprint density at radius 3 is 2.80 bits per heavy atom. The summed E-state index contributed by atoms with van der Waals surface area (Å²) in [6, 6.07) is 15.5. The fraction of sp³-hybridized carbons (Fsp3) is 0.105. The van der Waals surface area contributed by atoms with Crippen LogP contribution in [0.4, 0.5) is 5.69 Å². The smallest absolute Gasteiger partial charge is 0.196 e. The predicted molar refractivity (Wildman–Crippen MR) is 104 cm³/mol. The van der Waals surface area contributed by atoms with Crippen molar-refractivity contribution in [1.82, 2.24) is 4.98 Å². The van der Waals surface area contributed by atoms with Crippen molar-refractivity contribution in [2.45, 2.75) is 13.8 Å². The molecular formula is C19H15ClN4S. The lowest BCUT2D eigenvalue weighted by atomic mass is 10.0. The van der Waals surface area contributed by atoms with E-state index in [-0.39, 0.29) is 5.71 Å². The van der Waals surface area contributed by atoms with E-state index < -0.39 is 0 Å². The van der Waals surface area contributed by atoms with E-state index in [1.54, 1.807) is 12.1 Å². The lowest BCUT2D eigenvalue weighted by Crippen LogP contribution is -2.01. The molecule has 0 spiro atoms. The third-order valence-corrected chi connectivity index (χ3v) is 4.68. The Labute approximate surface area is 155 Å². The van der Waals surface area contributed by atoms with E-state index in [4.69, 9.17) is 11.6 Å². The van der Waals surface area contributed by atoms with Crippen LogP contribution in [0.2, 0.25) is 5.02 Å². The number of hydrazone groups is 1.